The van der Waals surface area contributed by atoms with Gasteiger partial charge in [-0.3, -0.25) is 9.10 Å². The number of benzene rings is 2. The summed E-state index contributed by atoms with van der Waals surface area (Å²) in [4.78, 5) is 12.6. The number of carbonyl (C=O) groups is 1. The SMILES string of the molecule is CC(C)c1ccc2c(c1)-c1ccccc1S(=O)(=O)N2CC(=O)NC1CC1. The van der Waals surface area contributed by atoms with E-state index in [9.17, 15) is 13.2 Å². The molecule has 0 unspecified atom stereocenters. The topological polar surface area (TPSA) is 66.5 Å². The molecule has 5 nitrogen and oxygen atoms in total. The Kier molecular flexibility index (Phi) is 4.03. The van der Waals surface area contributed by atoms with Crippen LogP contribution in [0.5, 0.6) is 0 Å². The molecular formula is C20H22N2O3S. The minimum atomic E-state index is -3.77. The van der Waals surface area contributed by atoms with Crippen molar-refractivity contribution in [2.45, 2.75) is 43.5 Å². The Bertz CT molecular complexity index is 978. The lowest BCUT2D eigenvalue weighted by molar-refractivity contribution is -0.119. The van der Waals surface area contributed by atoms with Crippen LogP contribution in [0.2, 0.25) is 0 Å². The second-order valence-electron chi connectivity index (χ2n) is 7.28. The molecule has 26 heavy (non-hydrogen) atoms. The standard InChI is InChI=1S/C20H22N2O3S/c1-13(2)14-7-10-18-17(11-14)16-5-3-4-6-19(16)26(24,25)22(18)12-20(23)21-15-8-9-15/h3-7,10-11,13,15H,8-9,12H2,1-2H3,(H,21,23). The molecule has 0 bridgehead atoms. The van der Waals surface area contributed by atoms with E-state index in [1.165, 1.54) is 4.31 Å². The van der Waals surface area contributed by atoms with Crippen molar-refractivity contribution in [3.8, 4) is 11.1 Å². The van der Waals surface area contributed by atoms with Crippen molar-refractivity contribution in [3.63, 3.8) is 0 Å². The average molecular weight is 370 g/mol. The Hall–Kier alpha value is -2.34. The molecule has 0 atom stereocenters. The summed E-state index contributed by atoms with van der Waals surface area (Å²) in [6, 6.07) is 13.0. The molecule has 1 aliphatic heterocycles. The summed E-state index contributed by atoms with van der Waals surface area (Å²) in [5, 5.41) is 2.88. The first-order valence-corrected chi connectivity index (χ1v) is 10.4. The van der Waals surface area contributed by atoms with Crippen LogP contribution < -0.4 is 9.62 Å². The van der Waals surface area contributed by atoms with Crippen molar-refractivity contribution >= 4 is 21.6 Å². The van der Waals surface area contributed by atoms with Crippen molar-refractivity contribution < 1.29 is 13.2 Å². The van der Waals surface area contributed by atoms with Gasteiger partial charge in [-0.25, -0.2) is 8.42 Å². The summed E-state index contributed by atoms with van der Waals surface area (Å²) >= 11 is 0. The van der Waals surface area contributed by atoms with Crippen LogP contribution in [0.3, 0.4) is 0 Å². The van der Waals surface area contributed by atoms with Gasteiger partial charge in [0.15, 0.2) is 0 Å². The lowest BCUT2D eigenvalue weighted by Gasteiger charge is -2.32. The van der Waals surface area contributed by atoms with Crippen LogP contribution in [0.4, 0.5) is 5.69 Å². The second kappa shape index (κ2) is 6.13. The largest absolute Gasteiger partial charge is 0.352 e. The van der Waals surface area contributed by atoms with Crippen molar-refractivity contribution in [1.82, 2.24) is 5.32 Å². The number of carbonyl (C=O) groups excluding carboxylic acids is 1. The molecule has 2 aromatic carbocycles. The first-order valence-electron chi connectivity index (χ1n) is 8.93. The molecule has 1 aliphatic carbocycles. The third kappa shape index (κ3) is 2.88. The van der Waals surface area contributed by atoms with Gasteiger partial charge in [-0.2, -0.15) is 0 Å². The maximum atomic E-state index is 13.2. The Morgan fingerprint density at radius 3 is 2.58 bits per heavy atom. The van der Waals surface area contributed by atoms with Gasteiger partial charge in [0, 0.05) is 17.2 Å². The van der Waals surface area contributed by atoms with Gasteiger partial charge in [-0.1, -0.05) is 38.1 Å². The van der Waals surface area contributed by atoms with Crippen LogP contribution in [-0.2, 0) is 14.8 Å². The highest BCUT2D eigenvalue weighted by atomic mass is 32.2. The lowest BCUT2D eigenvalue weighted by atomic mass is 9.95. The van der Waals surface area contributed by atoms with E-state index >= 15 is 0 Å². The van der Waals surface area contributed by atoms with Gasteiger partial charge in [0.05, 0.1) is 10.6 Å². The van der Waals surface area contributed by atoms with E-state index in [0.717, 1.165) is 24.0 Å². The summed E-state index contributed by atoms with van der Waals surface area (Å²) < 4.78 is 27.6. The van der Waals surface area contributed by atoms with E-state index in [-0.39, 0.29) is 23.4 Å². The molecule has 1 amide bonds. The van der Waals surface area contributed by atoms with Crippen LogP contribution in [0.15, 0.2) is 47.4 Å². The molecule has 0 aromatic heterocycles. The van der Waals surface area contributed by atoms with Gasteiger partial charge >= 0.3 is 0 Å². The number of hydrogen-bond acceptors (Lipinski definition) is 3. The summed E-state index contributed by atoms with van der Waals surface area (Å²) in [5.74, 6) is 0.0759. The summed E-state index contributed by atoms with van der Waals surface area (Å²) in [6.45, 7) is 4.02. The molecule has 2 aromatic rings. The van der Waals surface area contributed by atoms with Gasteiger partial charge < -0.3 is 5.32 Å². The molecule has 6 heteroatoms. The van der Waals surface area contributed by atoms with Crippen LogP contribution in [0, 0.1) is 0 Å². The van der Waals surface area contributed by atoms with Crippen LogP contribution in [-0.4, -0.2) is 26.9 Å². The second-order valence-corrected chi connectivity index (χ2v) is 9.11. The minimum absolute atomic E-state index is 0.193. The molecule has 1 fully saturated rings. The number of hydrogen-bond donors (Lipinski definition) is 1. The molecule has 0 spiro atoms. The maximum absolute atomic E-state index is 13.2. The zero-order chi connectivity index (χ0) is 18.5. The molecule has 136 valence electrons. The van der Waals surface area contributed by atoms with Crippen molar-refractivity contribution in [2.75, 3.05) is 10.8 Å². The highest BCUT2D eigenvalue weighted by molar-refractivity contribution is 7.93. The number of fused-ring (bicyclic) bond motifs is 3. The molecule has 1 heterocycles. The number of nitrogens with one attached hydrogen (secondary N) is 1. The minimum Gasteiger partial charge on any atom is -0.352 e. The van der Waals surface area contributed by atoms with E-state index in [0.29, 0.717) is 17.2 Å². The zero-order valence-corrected chi connectivity index (χ0v) is 15.7. The highest BCUT2D eigenvalue weighted by Gasteiger charge is 2.36. The van der Waals surface area contributed by atoms with Crippen LogP contribution in [0.25, 0.3) is 11.1 Å². The van der Waals surface area contributed by atoms with E-state index < -0.39 is 10.0 Å². The molecule has 4 rings (SSSR count). The molecule has 0 saturated heterocycles. The lowest BCUT2D eigenvalue weighted by Crippen LogP contribution is -2.43. The van der Waals surface area contributed by atoms with Gasteiger partial charge in [0.25, 0.3) is 10.0 Å². The number of nitrogens with zero attached hydrogens (tertiary/aromatic N) is 1. The maximum Gasteiger partial charge on any atom is 0.265 e. The van der Waals surface area contributed by atoms with Gasteiger partial charge in [0.2, 0.25) is 5.91 Å². The summed E-state index contributed by atoms with van der Waals surface area (Å²) in [5.41, 5.74) is 3.27. The van der Waals surface area contributed by atoms with Crippen molar-refractivity contribution in [3.05, 3.63) is 48.0 Å². The number of anilines is 1. The summed E-state index contributed by atoms with van der Waals surface area (Å²) in [7, 11) is -3.77. The van der Waals surface area contributed by atoms with Crippen LogP contribution >= 0.6 is 0 Å². The predicted octanol–water partition coefficient (Wildman–Crippen LogP) is 3.26. The molecule has 0 radical (unpaired) electrons. The monoisotopic (exact) mass is 370 g/mol. The number of sulfonamides is 1. The highest BCUT2D eigenvalue weighted by Crippen LogP contribution is 2.43. The summed E-state index contributed by atoms with van der Waals surface area (Å²) in [6.07, 6.45) is 1.94. The van der Waals surface area contributed by atoms with E-state index in [2.05, 4.69) is 19.2 Å². The Labute approximate surface area is 154 Å². The third-order valence-corrected chi connectivity index (χ3v) is 6.75. The third-order valence-electron chi connectivity index (χ3n) is 4.93. The van der Waals surface area contributed by atoms with Crippen molar-refractivity contribution in [1.29, 1.82) is 0 Å². The first kappa shape index (κ1) is 17.1. The smallest absolute Gasteiger partial charge is 0.265 e. The van der Waals surface area contributed by atoms with Gasteiger partial charge in [-0.05, 0) is 42.5 Å². The van der Waals surface area contributed by atoms with Gasteiger partial charge in [0.1, 0.15) is 6.54 Å². The Balaban J connectivity index is 1.83. The molecule has 1 N–H and O–H groups in total. The average Bonchev–Trinajstić information content (AvgIpc) is 3.42. The predicted molar refractivity (Wildman–Crippen MR) is 102 cm³/mol. The first-order chi connectivity index (χ1) is 12.4. The van der Waals surface area contributed by atoms with Gasteiger partial charge in [-0.15, -0.1) is 0 Å². The Morgan fingerprint density at radius 2 is 1.88 bits per heavy atom. The van der Waals surface area contributed by atoms with E-state index in [1.807, 2.05) is 30.3 Å². The number of rotatable bonds is 4. The fraction of sp³-hybridized carbons (Fsp3) is 0.350. The zero-order valence-electron chi connectivity index (χ0n) is 14.9. The number of amides is 1. The quantitative estimate of drug-likeness (QED) is 0.898. The van der Waals surface area contributed by atoms with Crippen molar-refractivity contribution in [2.24, 2.45) is 0 Å². The van der Waals surface area contributed by atoms with E-state index in [1.54, 1.807) is 12.1 Å². The molecular weight excluding hydrogens is 348 g/mol. The fourth-order valence-corrected chi connectivity index (χ4v) is 4.96. The molecule has 2 aliphatic rings. The van der Waals surface area contributed by atoms with E-state index in [4.69, 9.17) is 0 Å². The molecule has 1 saturated carbocycles. The van der Waals surface area contributed by atoms with Crippen LogP contribution in [0.1, 0.15) is 38.2 Å². The normalized spacial score (nSPS) is 17.6. The Morgan fingerprint density at radius 1 is 1.15 bits per heavy atom. The fourth-order valence-electron chi connectivity index (χ4n) is 3.31.